The third-order valence-electron chi connectivity index (χ3n) is 2.94. The average Bonchev–Trinajstić information content (AvgIpc) is 2.67. The van der Waals surface area contributed by atoms with Crippen LogP contribution in [0.1, 0.15) is 18.9 Å². The molecular formula is C14H16ClNO2S2. The second-order valence-electron chi connectivity index (χ2n) is 4.76. The number of aryl methyl sites for hydroxylation is 1. The van der Waals surface area contributed by atoms with E-state index in [4.69, 9.17) is 11.6 Å². The highest BCUT2D eigenvalue weighted by molar-refractivity contribution is 7.91. The van der Waals surface area contributed by atoms with Gasteiger partial charge in [-0.15, -0.1) is 17.9 Å². The summed E-state index contributed by atoms with van der Waals surface area (Å²) in [4.78, 5) is 0. The van der Waals surface area contributed by atoms with Gasteiger partial charge in [0.1, 0.15) is 4.21 Å². The van der Waals surface area contributed by atoms with E-state index in [9.17, 15) is 8.42 Å². The van der Waals surface area contributed by atoms with Crippen molar-refractivity contribution in [3.8, 4) is 0 Å². The summed E-state index contributed by atoms with van der Waals surface area (Å²) in [5.41, 5.74) is 1.70. The second kappa shape index (κ2) is 5.85. The molecule has 1 N–H and O–H groups in total. The maximum Gasteiger partial charge on any atom is 0.250 e. The molecule has 2 rings (SSSR count). The second-order valence-corrected chi connectivity index (χ2v) is 8.21. The van der Waals surface area contributed by atoms with Gasteiger partial charge in [0.2, 0.25) is 10.0 Å². The Morgan fingerprint density at radius 1 is 1.45 bits per heavy atom. The number of hydrogen-bond acceptors (Lipinski definition) is 3. The van der Waals surface area contributed by atoms with Crippen LogP contribution in [-0.4, -0.2) is 15.0 Å². The number of hydrogen-bond donors (Lipinski definition) is 1. The van der Waals surface area contributed by atoms with E-state index in [0.29, 0.717) is 22.2 Å². The molecule has 3 nitrogen and oxygen atoms in total. The molecule has 6 heteroatoms. The Morgan fingerprint density at radius 3 is 2.80 bits per heavy atom. The van der Waals surface area contributed by atoms with Gasteiger partial charge in [-0.3, -0.25) is 0 Å². The van der Waals surface area contributed by atoms with Crippen molar-refractivity contribution in [3.05, 3.63) is 40.9 Å². The monoisotopic (exact) mass is 329 g/mol. The molecule has 0 bridgehead atoms. The van der Waals surface area contributed by atoms with Crippen LogP contribution in [0.2, 0.25) is 5.02 Å². The van der Waals surface area contributed by atoms with Crippen LogP contribution in [0.15, 0.2) is 34.6 Å². The third-order valence-corrected chi connectivity index (χ3v) is 6.53. The minimum Gasteiger partial charge on any atom is -0.210 e. The highest BCUT2D eigenvalue weighted by atomic mass is 35.5. The lowest BCUT2D eigenvalue weighted by molar-refractivity contribution is 0.583. The number of benzene rings is 1. The summed E-state index contributed by atoms with van der Waals surface area (Å²) in [5.74, 6) is 0. The Morgan fingerprint density at radius 2 is 2.15 bits per heavy atom. The molecule has 0 amide bonds. The molecule has 1 aromatic carbocycles. The van der Waals surface area contributed by atoms with E-state index < -0.39 is 10.0 Å². The zero-order valence-corrected chi connectivity index (χ0v) is 13.8. The van der Waals surface area contributed by atoms with Crippen LogP contribution in [0, 0.1) is 6.92 Å². The SMILES string of the molecule is C=C(C)CCNS(=O)(=O)c1sc2ccc(Cl)cc2c1C. The first-order valence-electron chi connectivity index (χ1n) is 6.14. The van der Waals surface area contributed by atoms with Crippen molar-refractivity contribution in [2.75, 3.05) is 6.54 Å². The van der Waals surface area contributed by atoms with Gasteiger partial charge in [0.05, 0.1) is 0 Å². The fourth-order valence-corrected chi connectivity index (χ4v) is 4.88. The molecule has 0 atom stereocenters. The summed E-state index contributed by atoms with van der Waals surface area (Å²) in [5, 5.41) is 1.50. The summed E-state index contributed by atoms with van der Waals surface area (Å²) in [6.45, 7) is 7.81. The van der Waals surface area contributed by atoms with Crippen LogP contribution < -0.4 is 4.72 Å². The highest BCUT2D eigenvalue weighted by Crippen LogP contribution is 2.35. The summed E-state index contributed by atoms with van der Waals surface area (Å²) in [6.07, 6.45) is 0.634. The van der Waals surface area contributed by atoms with E-state index in [0.717, 1.165) is 21.2 Å². The van der Waals surface area contributed by atoms with E-state index in [1.165, 1.54) is 11.3 Å². The quantitative estimate of drug-likeness (QED) is 0.839. The van der Waals surface area contributed by atoms with Crippen LogP contribution in [-0.2, 0) is 10.0 Å². The minimum absolute atomic E-state index is 0.358. The molecule has 0 unspecified atom stereocenters. The van der Waals surface area contributed by atoms with E-state index in [1.54, 1.807) is 12.1 Å². The zero-order valence-electron chi connectivity index (χ0n) is 11.4. The van der Waals surface area contributed by atoms with Crippen molar-refractivity contribution in [3.63, 3.8) is 0 Å². The van der Waals surface area contributed by atoms with Crippen LogP contribution >= 0.6 is 22.9 Å². The smallest absolute Gasteiger partial charge is 0.210 e. The molecule has 0 radical (unpaired) electrons. The summed E-state index contributed by atoms with van der Waals surface area (Å²) in [7, 11) is -3.48. The van der Waals surface area contributed by atoms with Crippen molar-refractivity contribution in [2.24, 2.45) is 0 Å². The molecule has 2 aromatic rings. The standard InChI is InChI=1S/C14H16ClNO2S2/c1-9(2)6-7-16-20(17,18)14-10(3)12-8-11(15)4-5-13(12)19-14/h4-5,8,16H,1,6-7H2,2-3H3. The van der Waals surface area contributed by atoms with Gasteiger partial charge in [-0.05, 0) is 49.4 Å². The Labute approximate surface area is 128 Å². The maximum atomic E-state index is 12.3. The number of rotatable bonds is 5. The number of halogens is 1. The lowest BCUT2D eigenvalue weighted by Gasteiger charge is -2.05. The molecule has 0 aliphatic carbocycles. The fourth-order valence-electron chi connectivity index (χ4n) is 1.89. The van der Waals surface area contributed by atoms with Crippen LogP contribution in [0.25, 0.3) is 10.1 Å². The molecule has 0 fully saturated rings. The number of thiophene rings is 1. The first-order chi connectivity index (χ1) is 9.31. The predicted octanol–water partition coefficient (Wildman–Crippen LogP) is 4.11. The predicted molar refractivity (Wildman–Crippen MR) is 86.2 cm³/mol. The van der Waals surface area contributed by atoms with Crippen molar-refractivity contribution < 1.29 is 8.42 Å². The number of fused-ring (bicyclic) bond motifs is 1. The van der Waals surface area contributed by atoms with Gasteiger partial charge in [-0.1, -0.05) is 17.2 Å². The van der Waals surface area contributed by atoms with E-state index >= 15 is 0 Å². The van der Waals surface area contributed by atoms with Crippen LogP contribution in [0.5, 0.6) is 0 Å². The zero-order chi connectivity index (χ0) is 14.9. The van der Waals surface area contributed by atoms with Gasteiger partial charge >= 0.3 is 0 Å². The molecule has 0 aliphatic rings. The summed E-state index contributed by atoms with van der Waals surface area (Å²) in [6, 6.07) is 5.42. The van der Waals surface area contributed by atoms with E-state index in [-0.39, 0.29) is 0 Å². The van der Waals surface area contributed by atoms with Crippen molar-refractivity contribution >= 4 is 43.0 Å². The van der Waals surface area contributed by atoms with Gasteiger partial charge in [0, 0.05) is 16.3 Å². The number of sulfonamides is 1. The van der Waals surface area contributed by atoms with E-state index in [2.05, 4.69) is 11.3 Å². The normalized spacial score (nSPS) is 11.9. The molecular weight excluding hydrogens is 314 g/mol. The Balaban J connectivity index is 2.37. The van der Waals surface area contributed by atoms with Gasteiger partial charge in [0.25, 0.3) is 0 Å². The summed E-state index contributed by atoms with van der Waals surface area (Å²) >= 11 is 7.23. The first kappa shape index (κ1) is 15.5. The number of nitrogens with one attached hydrogen (secondary N) is 1. The molecule has 108 valence electrons. The molecule has 20 heavy (non-hydrogen) atoms. The fraction of sp³-hybridized carbons (Fsp3) is 0.286. The van der Waals surface area contributed by atoms with Gasteiger partial charge in [0.15, 0.2) is 0 Å². The van der Waals surface area contributed by atoms with Crippen LogP contribution in [0.4, 0.5) is 0 Å². The summed E-state index contributed by atoms with van der Waals surface area (Å²) < 4.78 is 28.5. The Bertz CT molecular complexity index is 763. The molecule has 0 saturated carbocycles. The van der Waals surface area contributed by atoms with Gasteiger partial charge in [-0.25, -0.2) is 13.1 Å². The Hall–Kier alpha value is -0.880. The van der Waals surface area contributed by atoms with Crippen molar-refractivity contribution in [1.29, 1.82) is 0 Å². The van der Waals surface area contributed by atoms with Gasteiger partial charge in [-0.2, -0.15) is 0 Å². The Kier molecular flexibility index (Phi) is 4.54. The maximum absolute atomic E-state index is 12.3. The molecule has 1 heterocycles. The lowest BCUT2D eigenvalue weighted by atomic mass is 10.2. The highest BCUT2D eigenvalue weighted by Gasteiger charge is 2.21. The largest absolute Gasteiger partial charge is 0.250 e. The van der Waals surface area contributed by atoms with Crippen LogP contribution in [0.3, 0.4) is 0 Å². The molecule has 0 spiro atoms. The van der Waals surface area contributed by atoms with E-state index in [1.807, 2.05) is 19.9 Å². The third kappa shape index (κ3) is 3.23. The van der Waals surface area contributed by atoms with Crippen molar-refractivity contribution in [1.82, 2.24) is 4.72 Å². The minimum atomic E-state index is -3.48. The molecule has 0 saturated heterocycles. The topological polar surface area (TPSA) is 46.2 Å². The molecule has 0 aliphatic heterocycles. The first-order valence-corrected chi connectivity index (χ1v) is 8.82. The van der Waals surface area contributed by atoms with Crippen molar-refractivity contribution in [2.45, 2.75) is 24.5 Å². The average molecular weight is 330 g/mol. The molecule has 1 aromatic heterocycles. The van der Waals surface area contributed by atoms with Gasteiger partial charge < -0.3 is 0 Å². The lowest BCUT2D eigenvalue weighted by Crippen LogP contribution is -2.24.